The predicted molar refractivity (Wildman–Crippen MR) is 71.5 cm³/mol. The van der Waals surface area contributed by atoms with Gasteiger partial charge in [-0.25, -0.2) is 12.8 Å². The fourth-order valence-corrected chi connectivity index (χ4v) is 2.27. The zero-order valence-electron chi connectivity index (χ0n) is 11.3. The summed E-state index contributed by atoms with van der Waals surface area (Å²) in [4.78, 5) is 0. The second-order valence-corrected chi connectivity index (χ2v) is 7.30. The minimum Gasteiger partial charge on any atom is -0.492 e. The van der Waals surface area contributed by atoms with E-state index in [2.05, 4.69) is 0 Å². The van der Waals surface area contributed by atoms with Crippen molar-refractivity contribution in [2.75, 3.05) is 12.4 Å². The second kappa shape index (κ2) is 6.34. The van der Waals surface area contributed by atoms with Gasteiger partial charge in [0.15, 0.2) is 9.84 Å². The molecule has 0 unspecified atom stereocenters. The molecule has 0 bridgehead atoms. The van der Waals surface area contributed by atoms with Gasteiger partial charge >= 0.3 is 0 Å². The van der Waals surface area contributed by atoms with Crippen molar-refractivity contribution in [2.45, 2.75) is 32.1 Å². The van der Waals surface area contributed by atoms with E-state index >= 15 is 0 Å². The molecule has 4 nitrogen and oxygen atoms in total. The fraction of sp³-hybridized carbons (Fsp3) is 0.538. The molecule has 108 valence electrons. The molecule has 1 aromatic rings. The van der Waals surface area contributed by atoms with E-state index in [1.807, 2.05) is 0 Å². The third-order valence-corrected chi connectivity index (χ3v) is 4.94. The topological polar surface area (TPSA) is 63.6 Å². The molecule has 0 aliphatic rings. The van der Waals surface area contributed by atoms with Crippen molar-refractivity contribution in [3.05, 3.63) is 29.6 Å². The molecule has 0 saturated carbocycles. The minimum absolute atomic E-state index is 0.0220. The van der Waals surface area contributed by atoms with Crippen LogP contribution in [0.1, 0.15) is 32.4 Å². The van der Waals surface area contributed by atoms with Crippen molar-refractivity contribution in [2.24, 2.45) is 0 Å². The summed E-state index contributed by atoms with van der Waals surface area (Å²) < 4.78 is 41.6. The Morgan fingerprint density at radius 1 is 1.32 bits per heavy atom. The fourth-order valence-electron chi connectivity index (χ4n) is 1.48. The number of sulfone groups is 1. The van der Waals surface area contributed by atoms with Gasteiger partial charge in [0.25, 0.3) is 0 Å². The van der Waals surface area contributed by atoms with Crippen molar-refractivity contribution in [3.8, 4) is 5.75 Å². The van der Waals surface area contributed by atoms with Gasteiger partial charge in [-0.1, -0.05) is 0 Å². The van der Waals surface area contributed by atoms with Crippen LogP contribution < -0.4 is 4.74 Å². The Kier molecular flexibility index (Phi) is 5.31. The monoisotopic (exact) mass is 290 g/mol. The van der Waals surface area contributed by atoms with Crippen LogP contribution in [0.25, 0.3) is 0 Å². The number of halogens is 1. The van der Waals surface area contributed by atoms with Crippen LogP contribution in [0, 0.1) is 5.82 Å². The lowest BCUT2D eigenvalue weighted by Gasteiger charge is -2.14. The summed E-state index contributed by atoms with van der Waals surface area (Å²) in [6.07, 6.45) is -0.882. The Morgan fingerprint density at radius 3 is 2.47 bits per heavy atom. The highest BCUT2D eigenvalue weighted by molar-refractivity contribution is 7.91. The number of hydrogen-bond acceptors (Lipinski definition) is 4. The summed E-state index contributed by atoms with van der Waals surface area (Å²) in [5, 5.41) is 9.05. The number of rotatable bonds is 6. The van der Waals surface area contributed by atoms with Gasteiger partial charge in [-0.3, -0.25) is 0 Å². The number of ether oxygens (including phenoxy) is 1. The number of benzene rings is 1. The maximum atomic E-state index is 13.1. The average molecular weight is 290 g/mol. The molecular formula is C13H19FO4S. The number of hydrogen-bond donors (Lipinski definition) is 1. The molecule has 0 aromatic heterocycles. The Morgan fingerprint density at radius 2 is 1.95 bits per heavy atom. The molecule has 1 atom stereocenters. The van der Waals surface area contributed by atoms with Crippen molar-refractivity contribution in [1.82, 2.24) is 0 Å². The molecule has 0 heterocycles. The van der Waals surface area contributed by atoms with Gasteiger partial charge in [-0.15, -0.1) is 0 Å². The molecule has 1 rings (SSSR count). The quantitative estimate of drug-likeness (QED) is 0.871. The Bertz CT molecular complexity index is 523. The molecule has 0 fully saturated rings. The van der Waals surface area contributed by atoms with Gasteiger partial charge in [-0.2, -0.15) is 0 Å². The normalized spacial score (nSPS) is 13.6. The molecule has 19 heavy (non-hydrogen) atoms. The summed E-state index contributed by atoms with van der Waals surface area (Å²) in [7, 11) is -3.17. The SMILES string of the molecule is CC(C)S(=O)(=O)CCOc1ccc(F)cc1[C@@H](C)O. The van der Waals surface area contributed by atoms with E-state index < -0.39 is 27.0 Å². The average Bonchev–Trinajstić information content (AvgIpc) is 2.30. The number of aliphatic hydroxyl groups is 1. The summed E-state index contributed by atoms with van der Waals surface area (Å²) in [6, 6.07) is 3.77. The summed E-state index contributed by atoms with van der Waals surface area (Å²) in [5.41, 5.74) is 0.307. The second-order valence-electron chi connectivity index (χ2n) is 4.62. The Balaban J connectivity index is 2.74. The Labute approximate surface area is 113 Å². The van der Waals surface area contributed by atoms with E-state index in [0.29, 0.717) is 11.3 Å². The summed E-state index contributed by atoms with van der Waals surface area (Å²) >= 11 is 0. The zero-order valence-corrected chi connectivity index (χ0v) is 12.1. The largest absolute Gasteiger partial charge is 0.492 e. The maximum Gasteiger partial charge on any atom is 0.155 e. The van der Waals surface area contributed by atoms with E-state index in [1.165, 1.54) is 25.1 Å². The van der Waals surface area contributed by atoms with Crippen LogP contribution >= 0.6 is 0 Å². The van der Waals surface area contributed by atoms with Crippen LogP contribution in [0.4, 0.5) is 4.39 Å². The van der Waals surface area contributed by atoms with Crippen molar-refractivity contribution >= 4 is 9.84 Å². The van der Waals surface area contributed by atoms with Crippen molar-refractivity contribution in [3.63, 3.8) is 0 Å². The first-order valence-corrected chi connectivity index (χ1v) is 7.77. The zero-order chi connectivity index (χ0) is 14.6. The molecule has 0 aliphatic heterocycles. The minimum atomic E-state index is -3.17. The third kappa shape index (κ3) is 4.47. The summed E-state index contributed by atoms with van der Waals surface area (Å²) in [5.74, 6) is -0.283. The van der Waals surface area contributed by atoms with E-state index in [-0.39, 0.29) is 12.4 Å². The highest BCUT2D eigenvalue weighted by atomic mass is 32.2. The van der Waals surface area contributed by atoms with Gasteiger partial charge in [0.2, 0.25) is 0 Å². The third-order valence-electron chi connectivity index (χ3n) is 2.77. The van der Waals surface area contributed by atoms with Crippen molar-refractivity contribution < 1.29 is 22.7 Å². The van der Waals surface area contributed by atoms with Gasteiger partial charge in [-0.05, 0) is 39.0 Å². The number of aliphatic hydroxyl groups excluding tert-OH is 1. The molecule has 0 saturated heterocycles. The van der Waals surface area contributed by atoms with Crippen LogP contribution in [-0.2, 0) is 9.84 Å². The molecule has 0 spiro atoms. The van der Waals surface area contributed by atoms with E-state index in [0.717, 1.165) is 0 Å². The smallest absolute Gasteiger partial charge is 0.155 e. The molecular weight excluding hydrogens is 271 g/mol. The van der Waals surface area contributed by atoms with E-state index in [1.54, 1.807) is 13.8 Å². The maximum absolute atomic E-state index is 13.1. The molecule has 1 N–H and O–H groups in total. The lowest BCUT2D eigenvalue weighted by atomic mass is 10.1. The molecule has 1 aromatic carbocycles. The highest BCUT2D eigenvalue weighted by Gasteiger charge is 2.17. The van der Waals surface area contributed by atoms with Crippen LogP contribution in [0.5, 0.6) is 5.75 Å². The molecule has 6 heteroatoms. The van der Waals surface area contributed by atoms with E-state index in [4.69, 9.17) is 4.74 Å². The van der Waals surface area contributed by atoms with Crippen LogP contribution in [0.15, 0.2) is 18.2 Å². The van der Waals surface area contributed by atoms with Crippen LogP contribution in [-0.4, -0.2) is 31.1 Å². The van der Waals surface area contributed by atoms with Crippen LogP contribution in [0.3, 0.4) is 0 Å². The van der Waals surface area contributed by atoms with Gasteiger partial charge in [0.05, 0.1) is 17.1 Å². The van der Waals surface area contributed by atoms with Crippen molar-refractivity contribution in [1.29, 1.82) is 0 Å². The van der Waals surface area contributed by atoms with Gasteiger partial charge in [0.1, 0.15) is 18.2 Å². The standard InChI is InChI=1S/C13H19FO4S/c1-9(2)19(16,17)7-6-18-13-5-4-11(14)8-12(13)10(3)15/h4-5,8-10,15H,6-7H2,1-3H3/t10-/m1/s1. The lowest BCUT2D eigenvalue weighted by Crippen LogP contribution is -2.22. The first kappa shape index (κ1) is 15.9. The molecule has 0 amide bonds. The first-order valence-electron chi connectivity index (χ1n) is 6.06. The predicted octanol–water partition coefficient (Wildman–Crippen LogP) is 2.08. The summed E-state index contributed by atoms with van der Waals surface area (Å²) in [6.45, 7) is 4.68. The van der Waals surface area contributed by atoms with Crippen LogP contribution in [0.2, 0.25) is 0 Å². The lowest BCUT2D eigenvalue weighted by molar-refractivity contribution is 0.191. The van der Waals surface area contributed by atoms with Gasteiger partial charge < -0.3 is 9.84 Å². The van der Waals surface area contributed by atoms with E-state index in [9.17, 15) is 17.9 Å². The molecule has 0 aliphatic carbocycles. The highest BCUT2D eigenvalue weighted by Crippen LogP contribution is 2.26. The molecule has 0 radical (unpaired) electrons. The first-order chi connectivity index (χ1) is 8.74. The Hall–Kier alpha value is -1.14. The van der Waals surface area contributed by atoms with Gasteiger partial charge in [0, 0.05) is 5.56 Å².